The monoisotopic (exact) mass is 462 g/mol. The third kappa shape index (κ3) is 5.63. The Balaban J connectivity index is 1.62. The Morgan fingerprint density at radius 2 is 1.90 bits per heavy atom. The molecule has 0 radical (unpaired) electrons. The van der Waals surface area contributed by atoms with E-state index in [0.717, 1.165) is 15.6 Å². The highest BCUT2D eigenvalue weighted by Gasteiger charge is 2.13. The maximum absolute atomic E-state index is 12.2. The van der Waals surface area contributed by atoms with E-state index < -0.39 is 0 Å². The van der Waals surface area contributed by atoms with Crippen molar-refractivity contribution in [2.45, 2.75) is 20.3 Å². The molecule has 154 valence electrons. The number of hydrogen-bond donors (Lipinski definition) is 1. The van der Waals surface area contributed by atoms with Gasteiger partial charge in [0.25, 0.3) is 0 Å². The second-order valence-electron chi connectivity index (χ2n) is 6.14. The molecule has 29 heavy (non-hydrogen) atoms. The first-order valence-electron chi connectivity index (χ1n) is 9.40. The van der Waals surface area contributed by atoms with Crippen molar-refractivity contribution in [2.75, 3.05) is 26.4 Å². The SMILES string of the molecule is CCOc1cc(/C=N/NC(=O)Cc2ccc3c(c2)OCCO3)cc(Br)c1OCC. The molecule has 1 amide bonds. The number of nitrogens with one attached hydrogen (secondary N) is 1. The number of halogens is 1. The van der Waals surface area contributed by atoms with Gasteiger partial charge in [-0.2, -0.15) is 5.10 Å². The Labute approximate surface area is 178 Å². The first kappa shape index (κ1) is 21.0. The van der Waals surface area contributed by atoms with E-state index in [4.69, 9.17) is 18.9 Å². The second kappa shape index (κ2) is 10.2. The molecule has 0 atom stereocenters. The molecule has 2 aromatic carbocycles. The van der Waals surface area contributed by atoms with Gasteiger partial charge in [0.1, 0.15) is 13.2 Å². The molecule has 0 saturated carbocycles. The van der Waals surface area contributed by atoms with Crippen LogP contribution in [0.3, 0.4) is 0 Å². The highest BCUT2D eigenvalue weighted by atomic mass is 79.9. The van der Waals surface area contributed by atoms with E-state index in [0.29, 0.717) is 49.4 Å². The van der Waals surface area contributed by atoms with Crippen molar-refractivity contribution in [2.24, 2.45) is 5.10 Å². The van der Waals surface area contributed by atoms with Crippen LogP contribution in [-0.2, 0) is 11.2 Å². The molecule has 3 rings (SSSR count). The summed E-state index contributed by atoms with van der Waals surface area (Å²) >= 11 is 3.49. The van der Waals surface area contributed by atoms with Gasteiger partial charge in [0.15, 0.2) is 23.0 Å². The van der Waals surface area contributed by atoms with Crippen LogP contribution in [0.4, 0.5) is 0 Å². The minimum atomic E-state index is -0.229. The van der Waals surface area contributed by atoms with Crippen molar-refractivity contribution >= 4 is 28.1 Å². The lowest BCUT2D eigenvalue weighted by Crippen LogP contribution is -2.20. The van der Waals surface area contributed by atoms with Gasteiger partial charge in [0.05, 0.1) is 30.3 Å². The molecule has 0 unspecified atom stereocenters. The van der Waals surface area contributed by atoms with E-state index in [1.54, 1.807) is 6.21 Å². The molecule has 2 aromatic rings. The Kier molecular flexibility index (Phi) is 7.35. The normalized spacial score (nSPS) is 12.7. The van der Waals surface area contributed by atoms with Crippen molar-refractivity contribution in [3.05, 3.63) is 45.9 Å². The average Bonchev–Trinajstić information content (AvgIpc) is 2.71. The third-order valence-corrected chi connectivity index (χ3v) is 4.58. The quantitative estimate of drug-likeness (QED) is 0.477. The Bertz CT molecular complexity index is 901. The Morgan fingerprint density at radius 3 is 2.66 bits per heavy atom. The molecule has 8 heteroatoms. The number of carbonyl (C=O) groups excluding carboxylic acids is 1. The summed E-state index contributed by atoms with van der Waals surface area (Å²) in [5.41, 5.74) is 4.13. The number of nitrogens with zero attached hydrogens (tertiary/aromatic N) is 1. The molecule has 0 spiro atoms. The summed E-state index contributed by atoms with van der Waals surface area (Å²) in [6, 6.07) is 9.14. The van der Waals surface area contributed by atoms with Crippen LogP contribution in [0.15, 0.2) is 39.9 Å². The largest absolute Gasteiger partial charge is 0.490 e. The van der Waals surface area contributed by atoms with Crippen LogP contribution in [-0.4, -0.2) is 38.5 Å². The molecule has 1 N–H and O–H groups in total. The van der Waals surface area contributed by atoms with Gasteiger partial charge in [-0.05, 0) is 65.2 Å². The topological polar surface area (TPSA) is 78.4 Å². The van der Waals surface area contributed by atoms with Crippen LogP contribution in [0, 0.1) is 0 Å². The lowest BCUT2D eigenvalue weighted by Gasteiger charge is -2.18. The van der Waals surface area contributed by atoms with E-state index in [-0.39, 0.29) is 12.3 Å². The van der Waals surface area contributed by atoms with E-state index in [1.807, 2.05) is 44.2 Å². The van der Waals surface area contributed by atoms with Crippen LogP contribution in [0.2, 0.25) is 0 Å². The zero-order valence-corrected chi connectivity index (χ0v) is 18.0. The summed E-state index contributed by atoms with van der Waals surface area (Å²) in [6.45, 7) is 5.90. The number of hydrazone groups is 1. The van der Waals surface area contributed by atoms with Gasteiger partial charge in [-0.15, -0.1) is 0 Å². The predicted molar refractivity (Wildman–Crippen MR) is 113 cm³/mol. The van der Waals surface area contributed by atoms with Crippen molar-refractivity contribution in [1.29, 1.82) is 0 Å². The average molecular weight is 463 g/mol. The van der Waals surface area contributed by atoms with E-state index in [1.165, 1.54) is 0 Å². The van der Waals surface area contributed by atoms with Gasteiger partial charge in [0.2, 0.25) is 5.91 Å². The number of rotatable bonds is 8. The molecule has 0 bridgehead atoms. The molecular weight excluding hydrogens is 440 g/mol. The fourth-order valence-electron chi connectivity index (χ4n) is 2.81. The molecule has 1 aliphatic rings. The summed E-state index contributed by atoms with van der Waals surface area (Å²) < 4.78 is 23.0. The molecule has 7 nitrogen and oxygen atoms in total. The van der Waals surface area contributed by atoms with E-state index >= 15 is 0 Å². The summed E-state index contributed by atoms with van der Waals surface area (Å²) in [6.07, 6.45) is 1.75. The molecule has 0 saturated heterocycles. The number of fused-ring (bicyclic) bond motifs is 1. The Morgan fingerprint density at radius 1 is 1.14 bits per heavy atom. The lowest BCUT2D eigenvalue weighted by molar-refractivity contribution is -0.120. The van der Waals surface area contributed by atoms with Gasteiger partial charge in [-0.1, -0.05) is 6.07 Å². The fourth-order valence-corrected chi connectivity index (χ4v) is 3.39. The minimum absolute atomic E-state index is 0.186. The minimum Gasteiger partial charge on any atom is -0.490 e. The number of amides is 1. The van der Waals surface area contributed by atoms with Crippen molar-refractivity contribution in [3.8, 4) is 23.0 Å². The van der Waals surface area contributed by atoms with Gasteiger partial charge in [-0.25, -0.2) is 5.43 Å². The maximum atomic E-state index is 12.2. The lowest BCUT2D eigenvalue weighted by atomic mass is 10.1. The van der Waals surface area contributed by atoms with Crippen LogP contribution >= 0.6 is 15.9 Å². The number of carbonyl (C=O) groups is 1. The van der Waals surface area contributed by atoms with Gasteiger partial charge >= 0.3 is 0 Å². The second-order valence-corrected chi connectivity index (χ2v) is 7.00. The number of benzene rings is 2. The van der Waals surface area contributed by atoms with Crippen molar-refractivity contribution < 1.29 is 23.7 Å². The van der Waals surface area contributed by atoms with Crippen molar-refractivity contribution in [3.63, 3.8) is 0 Å². The van der Waals surface area contributed by atoms with E-state index in [2.05, 4.69) is 26.5 Å². The first-order chi connectivity index (χ1) is 14.1. The van der Waals surface area contributed by atoms with Gasteiger partial charge in [-0.3, -0.25) is 4.79 Å². The molecule has 0 aromatic heterocycles. The van der Waals surface area contributed by atoms with Crippen LogP contribution in [0.5, 0.6) is 23.0 Å². The molecule has 1 heterocycles. The molecular formula is C21H23BrN2O5. The van der Waals surface area contributed by atoms with Crippen LogP contribution in [0.25, 0.3) is 0 Å². The van der Waals surface area contributed by atoms with Gasteiger partial charge in [0, 0.05) is 0 Å². The Hall–Kier alpha value is -2.74. The highest BCUT2D eigenvalue weighted by molar-refractivity contribution is 9.10. The van der Waals surface area contributed by atoms with Crippen LogP contribution in [0.1, 0.15) is 25.0 Å². The highest BCUT2D eigenvalue weighted by Crippen LogP contribution is 2.36. The first-order valence-corrected chi connectivity index (χ1v) is 10.2. The molecule has 0 fully saturated rings. The number of ether oxygens (including phenoxy) is 4. The standard InChI is InChI=1S/C21H23BrN2O5/c1-3-26-19-11-15(9-16(22)21(19)27-4-2)13-23-24-20(25)12-14-5-6-17-18(10-14)29-8-7-28-17/h5-6,9-11,13H,3-4,7-8,12H2,1-2H3,(H,24,25)/b23-13+. The predicted octanol–water partition coefficient (Wildman–Crippen LogP) is 3.71. The summed E-state index contributed by atoms with van der Waals surface area (Å²) in [4.78, 5) is 12.2. The summed E-state index contributed by atoms with van der Waals surface area (Å²) in [7, 11) is 0. The van der Waals surface area contributed by atoms with Crippen LogP contribution < -0.4 is 24.4 Å². The van der Waals surface area contributed by atoms with Crippen molar-refractivity contribution in [1.82, 2.24) is 5.43 Å². The smallest absolute Gasteiger partial charge is 0.244 e. The molecule has 0 aliphatic carbocycles. The summed E-state index contributed by atoms with van der Waals surface area (Å²) in [5.74, 6) is 2.40. The summed E-state index contributed by atoms with van der Waals surface area (Å²) in [5, 5.41) is 4.05. The zero-order valence-electron chi connectivity index (χ0n) is 16.4. The maximum Gasteiger partial charge on any atom is 0.244 e. The number of hydrogen-bond acceptors (Lipinski definition) is 6. The van der Waals surface area contributed by atoms with Gasteiger partial charge < -0.3 is 18.9 Å². The zero-order chi connectivity index (χ0) is 20.6. The fraction of sp³-hybridized carbons (Fsp3) is 0.333. The molecule has 1 aliphatic heterocycles. The van der Waals surface area contributed by atoms with E-state index in [9.17, 15) is 4.79 Å². The third-order valence-electron chi connectivity index (χ3n) is 3.99.